The molecule has 21 heavy (non-hydrogen) atoms. The minimum Gasteiger partial charge on any atom is -0.406 e. The summed E-state index contributed by atoms with van der Waals surface area (Å²) in [6, 6.07) is 5.76. The maximum atomic E-state index is 12.0. The van der Waals surface area contributed by atoms with E-state index in [-0.39, 0.29) is 11.3 Å². The van der Waals surface area contributed by atoms with Gasteiger partial charge in [0.1, 0.15) is 11.3 Å². The van der Waals surface area contributed by atoms with Gasteiger partial charge in [-0.2, -0.15) is 0 Å². The number of nitrogens with one attached hydrogen (secondary N) is 2. The first-order chi connectivity index (χ1) is 9.85. The van der Waals surface area contributed by atoms with Gasteiger partial charge in [-0.15, -0.1) is 13.2 Å². The summed E-state index contributed by atoms with van der Waals surface area (Å²) in [4.78, 5) is 25.8. The summed E-state index contributed by atoms with van der Waals surface area (Å²) in [6.45, 7) is 0. The molecule has 2 N–H and O–H groups in total. The van der Waals surface area contributed by atoms with Gasteiger partial charge in [0, 0.05) is 24.1 Å². The molecule has 0 atom stereocenters. The van der Waals surface area contributed by atoms with Crippen LogP contribution >= 0.6 is 0 Å². The predicted octanol–water partition coefficient (Wildman–Crippen LogP) is 2.53. The standard InChI is InChI=1S/C13H9F3N2O3/c14-13(15,16)21-9-3-1-8(2-4-9)18-12(20)10-7-17-6-5-11(10)19/h1-7H,(H,17,19)(H,18,20). The number of amides is 1. The van der Waals surface area contributed by atoms with Crippen LogP contribution in [0.5, 0.6) is 5.75 Å². The second kappa shape index (κ2) is 5.70. The van der Waals surface area contributed by atoms with Gasteiger partial charge in [0.2, 0.25) is 0 Å². The number of alkyl halides is 3. The number of rotatable bonds is 3. The zero-order valence-corrected chi connectivity index (χ0v) is 10.4. The van der Waals surface area contributed by atoms with Crippen LogP contribution in [0.1, 0.15) is 10.4 Å². The minimum absolute atomic E-state index is 0.104. The first-order valence-corrected chi connectivity index (χ1v) is 5.69. The van der Waals surface area contributed by atoms with Gasteiger partial charge in [-0.3, -0.25) is 9.59 Å². The lowest BCUT2D eigenvalue weighted by atomic mass is 10.2. The quantitative estimate of drug-likeness (QED) is 0.914. The lowest BCUT2D eigenvalue weighted by Gasteiger charge is -2.09. The highest BCUT2D eigenvalue weighted by Gasteiger charge is 2.30. The molecule has 0 radical (unpaired) electrons. The topological polar surface area (TPSA) is 71.2 Å². The average molecular weight is 298 g/mol. The molecule has 1 aromatic carbocycles. The van der Waals surface area contributed by atoms with Crippen LogP contribution in [-0.2, 0) is 0 Å². The van der Waals surface area contributed by atoms with Gasteiger partial charge in [0.05, 0.1) is 0 Å². The molecule has 1 amide bonds. The molecule has 0 bridgehead atoms. The number of H-pyrrole nitrogens is 1. The first-order valence-electron chi connectivity index (χ1n) is 5.69. The van der Waals surface area contributed by atoms with Crippen molar-refractivity contribution in [1.29, 1.82) is 0 Å². The molecule has 0 saturated carbocycles. The third-order valence-electron chi connectivity index (χ3n) is 2.41. The largest absolute Gasteiger partial charge is 0.573 e. The van der Waals surface area contributed by atoms with Gasteiger partial charge in [-0.25, -0.2) is 0 Å². The monoisotopic (exact) mass is 298 g/mol. The van der Waals surface area contributed by atoms with E-state index in [1.165, 1.54) is 30.6 Å². The summed E-state index contributed by atoms with van der Waals surface area (Å²) in [5, 5.41) is 2.39. The number of hydrogen-bond donors (Lipinski definition) is 2. The third kappa shape index (κ3) is 4.10. The third-order valence-corrected chi connectivity index (χ3v) is 2.41. The number of aromatic amines is 1. The Kier molecular flexibility index (Phi) is 3.97. The molecule has 2 aromatic rings. The van der Waals surface area contributed by atoms with Crippen LogP contribution in [0.2, 0.25) is 0 Å². The zero-order chi connectivity index (χ0) is 15.5. The number of anilines is 1. The normalized spacial score (nSPS) is 11.0. The van der Waals surface area contributed by atoms with Crippen molar-refractivity contribution >= 4 is 11.6 Å². The predicted molar refractivity (Wildman–Crippen MR) is 68.1 cm³/mol. The molecule has 1 aromatic heterocycles. The maximum Gasteiger partial charge on any atom is 0.573 e. The van der Waals surface area contributed by atoms with Crippen molar-refractivity contribution in [1.82, 2.24) is 4.98 Å². The Morgan fingerprint density at radius 3 is 2.38 bits per heavy atom. The van der Waals surface area contributed by atoms with Crippen LogP contribution < -0.4 is 15.5 Å². The minimum atomic E-state index is -4.78. The Hall–Kier alpha value is -2.77. The van der Waals surface area contributed by atoms with Crippen molar-refractivity contribution in [3.63, 3.8) is 0 Å². The fourth-order valence-electron chi connectivity index (χ4n) is 1.53. The van der Waals surface area contributed by atoms with Crippen LogP contribution in [0, 0.1) is 0 Å². The molecule has 0 fully saturated rings. The van der Waals surface area contributed by atoms with Crippen LogP contribution in [0.4, 0.5) is 18.9 Å². The van der Waals surface area contributed by atoms with Crippen molar-refractivity contribution in [3.8, 4) is 5.75 Å². The molecule has 0 aliphatic heterocycles. The van der Waals surface area contributed by atoms with E-state index in [2.05, 4.69) is 15.0 Å². The molecule has 8 heteroatoms. The summed E-state index contributed by atoms with van der Waals surface area (Å²) in [6.07, 6.45) is -2.16. The van der Waals surface area contributed by atoms with E-state index in [9.17, 15) is 22.8 Å². The molecule has 2 rings (SSSR count). The first kappa shape index (κ1) is 14.6. The summed E-state index contributed by atoms with van der Waals surface area (Å²) >= 11 is 0. The van der Waals surface area contributed by atoms with Crippen LogP contribution in [0.3, 0.4) is 0 Å². The number of ether oxygens (including phenoxy) is 1. The molecular formula is C13H9F3N2O3. The van der Waals surface area contributed by atoms with E-state index < -0.39 is 23.4 Å². The highest BCUT2D eigenvalue weighted by atomic mass is 19.4. The van der Waals surface area contributed by atoms with Gasteiger partial charge < -0.3 is 15.0 Å². The van der Waals surface area contributed by atoms with Crippen LogP contribution in [0.25, 0.3) is 0 Å². The Bertz CT molecular complexity index is 693. The number of aromatic nitrogens is 1. The molecule has 0 saturated heterocycles. The summed E-state index contributed by atoms with van der Waals surface area (Å²) in [7, 11) is 0. The van der Waals surface area contributed by atoms with E-state index >= 15 is 0 Å². The zero-order valence-electron chi connectivity index (χ0n) is 10.4. The lowest BCUT2D eigenvalue weighted by molar-refractivity contribution is -0.274. The Labute approximate surface area is 116 Å². The van der Waals surface area contributed by atoms with Gasteiger partial charge in [-0.05, 0) is 24.3 Å². The van der Waals surface area contributed by atoms with E-state index in [4.69, 9.17) is 0 Å². The highest BCUT2D eigenvalue weighted by molar-refractivity contribution is 6.03. The van der Waals surface area contributed by atoms with E-state index in [0.29, 0.717) is 0 Å². The number of carbonyl (C=O) groups excluding carboxylic acids is 1. The van der Waals surface area contributed by atoms with Gasteiger partial charge in [0.25, 0.3) is 5.91 Å². The average Bonchev–Trinajstić information content (AvgIpc) is 2.40. The van der Waals surface area contributed by atoms with E-state index in [1.807, 2.05) is 0 Å². The number of carbonyl (C=O) groups is 1. The van der Waals surface area contributed by atoms with Gasteiger partial charge >= 0.3 is 6.36 Å². The second-order valence-corrected chi connectivity index (χ2v) is 3.95. The molecule has 5 nitrogen and oxygen atoms in total. The molecule has 0 unspecified atom stereocenters. The molecular weight excluding hydrogens is 289 g/mol. The van der Waals surface area contributed by atoms with Crippen molar-refractivity contribution in [3.05, 3.63) is 58.5 Å². The SMILES string of the molecule is O=C(Nc1ccc(OC(F)(F)F)cc1)c1c[nH]ccc1=O. The maximum absolute atomic E-state index is 12.0. The molecule has 0 aliphatic rings. The number of hydrogen-bond acceptors (Lipinski definition) is 3. The Morgan fingerprint density at radius 2 is 1.81 bits per heavy atom. The van der Waals surface area contributed by atoms with E-state index in [0.717, 1.165) is 12.1 Å². The second-order valence-electron chi connectivity index (χ2n) is 3.95. The molecule has 1 heterocycles. The van der Waals surface area contributed by atoms with Crippen molar-refractivity contribution in [2.45, 2.75) is 6.36 Å². The Balaban J connectivity index is 2.09. The highest BCUT2D eigenvalue weighted by Crippen LogP contribution is 2.23. The van der Waals surface area contributed by atoms with Crippen LogP contribution in [0.15, 0.2) is 47.5 Å². The number of pyridine rings is 1. The summed E-state index contributed by atoms with van der Waals surface area (Å²) < 4.78 is 39.7. The Morgan fingerprint density at radius 1 is 1.14 bits per heavy atom. The van der Waals surface area contributed by atoms with Crippen molar-refractivity contribution in [2.75, 3.05) is 5.32 Å². The molecule has 0 aliphatic carbocycles. The summed E-state index contributed by atoms with van der Waals surface area (Å²) in [5.41, 5.74) is -0.339. The number of halogens is 3. The van der Waals surface area contributed by atoms with Gasteiger partial charge in [-0.1, -0.05) is 0 Å². The molecule has 0 spiro atoms. The van der Waals surface area contributed by atoms with E-state index in [1.54, 1.807) is 0 Å². The van der Waals surface area contributed by atoms with Gasteiger partial charge in [0.15, 0.2) is 5.43 Å². The van der Waals surface area contributed by atoms with Crippen molar-refractivity contribution in [2.24, 2.45) is 0 Å². The smallest absolute Gasteiger partial charge is 0.406 e. The fraction of sp³-hybridized carbons (Fsp3) is 0.0769. The summed E-state index contributed by atoms with van der Waals surface area (Å²) in [5.74, 6) is -1.07. The van der Waals surface area contributed by atoms with Crippen molar-refractivity contribution < 1.29 is 22.7 Å². The number of benzene rings is 1. The molecule has 110 valence electrons. The lowest BCUT2D eigenvalue weighted by Crippen LogP contribution is -2.21. The van der Waals surface area contributed by atoms with Crippen LogP contribution in [-0.4, -0.2) is 17.3 Å². The fourth-order valence-corrected chi connectivity index (χ4v) is 1.53.